The van der Waals surface area contributed by atoms with Gasteiger partial charge in [0.05, 0.1) is 11.4 Å². The first-order valence-corrected chi connectivity index (χ1v) is 8.98. The second-order valence-electron chi connectivity index (χ2n) is 5.48. The Bertz CT molecular complexity index is 762. The van der Waals surface area contributed by atoms with E-state index in [1.807, 2.05) is 30.3 Å². The highest BCUT2D eigenvalue weighted by Gasteiger charge is 2.21. The Kier molecular flexibility index (Phi) is 5.79. The molecule has 128 valence electrons. The van der Waals surface area contributed by atoms with Crippen molar-refractivity contribution < 1.29 is 9.59 Å². The lowest BCUT2D eigenvalue weighted by Gasteiger charge is -2.13. The van der Waals surface area contributed by atoms with Gasteiger partial charge in [-0.3, -0.25) is 9.59 Å². The Morgan fingerprint density at radius 3 is 2.36 bits per heavy atom. The second kappa shape index (κ2) is 8.43. The van der Waals surface area contributed by atoms with Crippen molar-refractivity contribution in [1.82, 2.24) is 4.90 Å². The van der Waals surface area contributed by atoms with Gasteiger partial charge in [0.2, 0.25) is 5.91 Å². The van der Waals surface area contributed by atoms with Crippen LogP contribution in [0.25, 0.3) is 0 Å². The molecule has 0 atom stereocenters. The zero-order valence-corrected chi connectivity index (χ0v) is 14.4. The number of azo groups is 1. The number of thioether (sulfide) groups is 1. The van der Waals surface area contributed by atoms with Crippen LogP contribution in [-0.4, -0.2) is 34.9 Å². The van der Waals surface area contributed by atoms with Crippen LogP contribution in [0, 0.1) is 0 Å². The summed E-state index contributed by atoms with van der Waals surface area (Å²) in [5.74, 6) is 0.697. The molecule has 1 saturated heterocycles. The molecular formula is C18H18N4O2S. The third-order valence-electron chi connectivity index (χ3n) is 3.64. The van der Waals surface area contributed by atoms with E-state index >= 15 is 0 Å². The fraction of sp³-hybridized carbons (Fsp3) is 0.222. The molecule has 1 N–H and O–H groups in total. The molecule has 7 heteroatoms. The van der Waals surface area contributed by atoms with E-state index in [0.717, 1.165) is 18.0 Å². The van der Waals surface area contributed by atoms with Crippen LogP contribution in [0.2, 0.25) is 0 Å². The first-order chi connectivity index (χ1) is 12.2. The molecule has 0 saturated carbocycles. The van der Waals surface area contributed by atoms with Crippen LogP contribution in [0.4, 0.5) is 21.9 Å². The second-order valence-corrected chi connectivity index (χ2v) is 6.53. The maximum Gasteiger partial charge on any atom is 0.281 e. The lowest BCUT2D eigenvalue weighted by Crippen LogP contribution is -2.27. The molecule has 0 aliphatic carbocycles. The first kappa shape index (κ1) is 17.2. The molecule has 1 aliphatic rings. The first-order valence-electron chi connectivity index (χ1n) is 7.99. The summed E-state index contributed by atoms with van der Waals surface area (Å²) in [4.78, 5) is 25.2. The zero-order valence-electron chi connectivity index (χ0n) is 13.6. The molecule has 1 aliphatic heterocycles. The fourth-order valence-corrected chi connectivity index (χ4v) is 3.16. The van der Waals surface area contributed by atoms with Crippen LogP contribution in [0.5, 0.6) is 0 Å². The molecule has 25 heavy (non-hydrogen) atoms. The number of rotatable bonds is 6. The maximum atomic E-state index is 12.0. The number of benzene rings is 2. The molecule has 1 heterocycles. The van der Waals surface area contributed by atoms with Gasteiger partial charge in [-0.25, -0.2) is 0 Å². The number of carbonyl (C=O) groups excluding carboxylic acids is 2. The molecular weight excluding hydrogens is 336 g/mol. The molecule has 0 unspecified atom stereocenters. The smallest absolute Gasteiger partial charge is 0.281 e. The summed E-state index contributed by atoms with van der Waals surface area (Å²) in [5.41, 5.74) is 2.20. The molecule has 0 aromatic heterocycles. The van der Waals surface area contributed by atoms with Crippen LogP contribution >= 0.6 is 11.8 Å². The highest BCUT2D eigenvalue weighted by molar-refractivity contribution is 8.13. The Morgan fingerprint density at radius 2 is 1.72 bits per heavy atom. The Morgan fingerprint density at radius 1 is 1.04 bits per heavy atom. The van der Waals surface area contributed by atoms with E-state index in [1.165, 1.54) is 11.8 Å². The minimum Gasteiger partial charge on any atom is -0.332 e. The van der Waals surface area contributed by atoms with Gasteiger partial charge in [0.25, 0.3) is 5.24 Å². The van der Waals surface area contributed by atoms with E-state index in [9.17, 15) is 9.59 Å². The lowest BCUT2D eigenvalue weighted by atomic mass is 10.2. The highest BCUT2D eigenvalue weighted by Crippen LogP contribution is 2.20. The number of anilines is 1. The van der Waals surface area contributed by atoms with E-state index in [2.05, 4.69) is 15.5 Å². The average Bonchev–Trinajstić information content (AvgIpc) is 3.05. The fourth-order valence-electron chi connectivity index (χ4n) is 2.31. The molecule has 2 aromatic carbocycles. The van der Waals surface area contributed by atoms with Gasteiger partial charge in [0.1, 0.15) is 0 Å². The summed E-state index contributed by atoms with van der Waals surface area (Å²) in [5, 5.41) is 11.2. The Labute approximate surface area is 150 Å². The van der Waals surface area contributed by atoms with Gasteiger partial charge < -0.3 is 10.2 Å². The number of nitrogens with zero attached hydrogens (tertiary/aromatic N) is 3. The van der Waals surface area contributed by atoms with Crippen LogP contribution in [0.15, 0.2) is 64.8 Å². The summed E-state index contributed by atoms with van der Waals surface area (Å²) < 4.78 is 0. The maximum absolute atomic E-state index is 12.0. The molecule has 2 amide bonds. The normalized spacial score (nSPS) is 14.2. The van der Waals surface area contributed by atoms with Crippen LogP contribution in [0.3, 0.4) is 0 Å². The minimum absolute atomic E-state index is 0.0564. The monoisotopic (exact) mass is 354 g/mol. The number of nitrogens with one attached hydrogen (secondary N) is 1. The van der Waals surface area contributed by atoms with Crippen molar-refractivity contribution in [3.05, 3.63) is 54.6 Å². The molecule has 0 bridgehead atoms. The van der Waals surface area contributed by atoms with Crippen LogP contribution < -0.4 is 5.32 Å². The van der Waals surface area contributed by atoms with Gasteiger partial charge in [-0.1, -0.05) is 30.0 Å². The predicted octanol–water partition coefficient (Wildman–Crippen LogP) is 4.60. The van der Waals surface area contributed by atoms with E-state index in [0.29, 0.717) is 24.3 Å². The number of hydrogen-bond acceptors (Lipinski definition) is 5. The Balaban J connectivity index is 1.49. The van der Waals surface area contributed by atoms with Crippen molar-refractivity contribution in [3.63, 3.8) is 0 Å². The van der Waals surface area contributed by atoms with Crippen molar-refractivity contribution in [3.8, 4) is 0 Å². The predicted molar refractivity (Wildman–Crippen MR) is 99.7 cm³/mol. The average molecular weight is 354 g/mol. The summed E-state index contributed by atoms with van der Waals surface area (Å²) in [6.45, 7) is 1.18. The topological polar surface area (TPSA) is 74.1 Å². The molecule has 0 radical (unpaired) electrons. The SMILES string of the molecule is O=C(CCN1CCSC1=O)Nc1ccc(N=Nc2ccccc2)cc1. The van der Waals surface area contributed by atoms with Crippen molar-refractivity contribution >= 4 is 40.0 Å². The third kappa shape index (κ3) is 5.15. The van der Waals surface area contributed by atoms with Crippen molar-refractivity contribution in [2.75, 3.05) is 24.2 Å². The van der Waals surface area contributed by atoms with Gasteiger partial charge in [-0.15, -0.1) is 0 Å². The van der Waals surface area contributed by atoms with Crippen LogP contribution in [-0.2, 0) is 4.79 Å². The van der Waals surface area contributed by atoms with Crippen molar-refractivity contribution in [2.24, 2.45) is 10.2 Å². The molecule has 1 fully saturated rings. The van der Waals surface area contributed by atoms with Gasteiger partial charge in [0.15, 0.2) is 0 Å². The highest BCUT2D eigenvalue weighted by atomic mass is 32.2. The molecule has 3 rings (SSSR count). The van der Waals surface area contributed by atoms with E-state index in [-0.39, 0.29) is 11.1 Å². The number of hydrogen-bond donors (Lipinski definition) is 1. The quantitative estimate of drug-likeness (QED) is 0.770. The summed E-state index contributed by atoms with van der Waals surface area (Å²) in [7, 11) is 0. The third-order valence-corrected chi connectivity index (χ3v) is 4.53. The van der Waals surface area contributed by atoms with Gasteiger partial charge in [-0.05, 0) is 36.4 Å². The van der Waals surface area contributed by atoms with Crippen molar-refractivity contribution in [2.45, 2.75) is 6.42 Å². The molecule has 6 nitrogen and oxygen atoms in total. The molecule has 2 aromatic rings. The van der Waals surface area contributed by atoms with Gasteiger partial charge in [-0.2, -0.15) is 10.2 Å². The van der Waals surface area contributed by atoms with Gasteiger partial charge >= 0.3 is 0 Å². The molecule has 0 spiro atoms. The van der Waals surface area contributed by atoms with Gasteiger partial charge in [0, 0.05) is 31.0 Å². The summed E-state index contributed by atoms with van der Waals surface area (Å²) >= 11 is 1.30. The minimum atomic E-state index is -0.108. The summed E-state index contributed by atoms with van der Waals surface area (Å²) in [6.07, 6.45) is 0.293. The number of carbonyl (C=O) groups is 2. The number of amides is 2. The largest absolute Gasteiger partial charge is 0.332 e. The van der Waals surface area contributed by atoms with E-state index in [4.69, 9.17) is 0 Å². The standard InChI is InChI=1S/C18H18N4O2S/c23-17(10-11-22-12-13-25-18(22)24)19-14-6-8-16(9-7-14)21-20-15-4-2-1-3-5-15/h1-9H,10-13H2,(H,19,23). The van der Waals surface area contributed by atoms with Crippen molar-refractivity contribution in [1.29, 1.82) is 0 Å². The van der Waals surface area contributed by atoms with E-state index in [1.54, 1.807) is 29.2 Å². The zero-order chi connectivity index (χ0) is 17.5. The lowest BCUT2D eigenvalue weighted by molar-refractivity contribution is -0.116. The Hall–Kier alpha value is -2.67. The summed E-state index contributed by atoms with van der Waals surface area (Å²) in [6, 6.07) is 16.6. The van der Waals surface area contributed by atoms with Crippen LogP contribution in [0.1, 0.15) is 6.42 Å². The van der Waals surface area contributed by atoms with E-state index < -0.39 is 0 Å².